The van der Waals surface area contributed by atoms with Gasteiger partial charge in [0.1, 0.15) is 18.3 Å². The van der Waals surface area contributed by atoms with Crippen molar-refractivity contribution in [3.8, 4) is 0 Å². The predicted molar refractivity (Wildman–Crippen MR) is 85.3 cm³/mol. The van der Waals surface area contributed by atoms with Crippen molar-refractivity contribution >= 4 is 11.8 Å². The average Bonchev–Trinajstić information content (AvgIpc) is 2.47. The molecule has 22 heavy (non-hydrogen) atoms. The van der Waals surface area contributed by atoms with Crippen LogP contribution in [0.2, 0.25) is 0 Å². The maximum absolute atomic E-state index is 11.8. The largest absolute Gasteiger partial charge is 0.460 e. The minimum Gasteiger partial charge on any atom is -0.460 e. The summed E-state index contributed by atoms with van der Waals surface area (Å²) in [5.74, 6) is -0.535. The molecule has 0 bridgehead atoms. The van der Waals surface area contributed by atoms with Gasteiger partial charge in [-0.05, 0) is 38.8 Å². The molecule has 0 radical (unpaired) electrons. The fraction of sp³-hybridized carbons (Fsp3) is 0.556. The smallest absolute Gasteiger partial charge is 0.313 e. The molecule has 1 saturated carbocycles. The molecule has 2 unspecified atom stereocenters. The second-order valence-corrected chi connectivity index (χ2v) is 6.16. The van der Waals surface area contributed by atoms with Gasteiger partial charge in [0.15, 0.2) is 0 Å². The summed E-state index contributed by atoms with van der Waals surface area (Å²) in [5.41, 5.74) is 1.25. The maximum atomic E-state index is 11.8. The summed E-state index contributed by atoms with van der Waals surface area (Å²) in [6.45, 7) is 2.26. The zero-order valence-electron chi connectivity index (χ0n) is 13.5. The van der Waals surface area contributed by atoms with Crippen LogP contribution in [-0.4, -0.2) is 35.8 Å². The lowest BCUT2D eigenvalue weighted by molar-refractivity contribution is -0.155. The normalized spacial score (nSPS) is 21.6. The van der Waals surface area contributed by atoms with Gasteiger partial charge in [-0.1, -0.05) is 36.8 Å². The Kier molecular flexibility index (Phi) is 6.13. The number of carbonyl (C=O) groups excluding carboxylic acids is 2. The maximum Gasteiger partial charge on any atom is 0.313 e. The summed E-state index contributed by atoms with van der Waals surface area (Å²) in [4.78, 5) is 25.1. The second kappa shape index (κ2) is 8.08. The lowest BCUT2D eigenvalue weighted by atomic mass is 9.91. The van der Waals surface area contributed by atoms with Crippen LogP contribution in [0.25, 0.3) is 0 Å². The third-order valence-corrected chi connectivity index (χ3v) is 4.18. The van der Waals surface area contributed by atoms with E-state index in [1.165, 1.54) is 12.5 Å². The average molecular weight is 303 g/mol. The Labute approximate surface area is 132 Å². The van der Waals surface area contributed by atoms with Gasteiger partial charge < -0.3 is 4.74 Å². The zero-order chi connectivity index (χ0) is 15.9. The first-order valence-corrected chi connectivity index (χ1v) is 7.99. The van der Waals surface area contributed by atoms with E-state index in [9.17, 15) is 9.59 Å². The van der Waals surface area contributed by atoms with E-state index in [4.69, 9.17) is 4.74 Å². The Morgan fingerprint density at radius 2 is 1.86 bits per heavy atom. The van der Waals surface area contributed by atoms with Gasteiger partial charge >= 0.3 is 5.97 Å². The van der Waals surface area contributed by atoms with Gasteiger partial charge in [-0.15, -0.1) is 0 Å². The number of esters is 1. The van der Waals surface area contributed by atoms with Gasteiger partial charge in [0.05, 0.1) is 0 Å². The topological polar surface area (TPSA) is 46.6 Å². The Bertz CT molecular complexity index is 500. The van der Waals surface area contributed by atoms with E-state index in [1.54, 1.807) is 0 Å². The summed E-state index contributed by atoms with van der Waals surface area (Å²) < 4.78 is 5.57. The first-order chi connectivity index (χ1) is 10.6. The molecule has 0 heterocycles. The minimum absolute atomic E-state index is 0.102. The van der Waals surface area contributed by atoms with Crippen LogP contribution in [0.5, 0.6) is 0 Å². The Hall–Kier alpha value is -1.68. The standard InChI is InChI=1S/C18H25NO3/c1-14(20)12-18(21)22-17-11-7-6-10-16(17)19(2)13-15-8-4-3-5-9-15/h3-5,8-9,16-17H,6-7,10-13H2,1-2H3. The summed E-state index contributed by atoms with van der Waals surface area (Å²) >= 11 is 0. The van der Waals surface area contributed by atoms with Gasteiger partial charge in [0.25, 0.3) is 0 Å². The first kappa shape index (κ1) is 16.7. The van der Waals surface area contributed by atoms with Crippen molar-refractivity contribution < 1.29 is 14.3 Å². The van der Waals surface area contributed by atoms with Crippen molar-refractivity contribution in [3.05, 3.63) is 35.9 Å². The quantitative estimate of drug-likeness (QED) is 0.599. The SMILES string of the molecule is CC(=O)CC(=O)OC1CCCCC1N(C)Cc1ccccc1. The Morgan fingerprint density at radius 3 is 2.55 bits per heavy atom. The number of hydrogen-bond acceptors (Lipinski definition) is 4. The molecule has 0 aliphatic heterocycles. The molecule has 0 aromatic heterocycles. The summed E-state index contributed by atoms with van der Waals surface area (Å²) in [6.07, 6.45) is 3.92. The lowest BCUT2D eigenvalue weighted by Crippen LogP contribution is -2.45. The lowest BCUT2D eigenvalue weighted by Gasteiger charge is -2.37. The molecule has 1 fully saturated rings. The van der Waals surface area contributed by atoms with Crippen molar-refractivity contribution in [1.82, 2.24) is 4.90 Å². The van der Waals surface area contributed by atoms with Crippen molar-refractivity contribution in [2.45, 2.75) is 57.7 Å². The van der Waals surface area contributed by atoms with Crippen LogP contribution in [0, 0.1) is 0 Å². The monoisotopic (exact) mass is 303 g/mol. The van der Waals surface area contributed by atoms with Crippen molar-refractivity contribution in [1.29, 1.82) is 0 Å². The van der Waals surface area contributed by atoms with Crippen molar-refractivity contribution in [2.75, 3.05) is 7.05 Å². The van der Waals surface area contributed by atoms with E-state index >= 15 is 0 Å². The highest BCUT2D eigenvalue weighted by molar-refractivity contribution is 5.94. The fourth-order valence-corrected chi connectivity index (χ4v) is 3.12. The summed E-state index contributed by atoms with van der Waals surface area (Å²) in [7, 11) is 2.08. The molecule has 0 spiro atoms. The highest BCUT2D eigenvalue weighted by Crippen LogP contribution is 2.26. The van der Waals surface area contributed by atoms with Gasteiger partial charge in [-0.3, -0.25) is 14.5 Å². The number of nitrogens with zero attached hydrogens (tertiary/aromatic N) is 1. The Morgan fingerprint density at radius 1 is 1.18 bits per heavy atom. The number of ether oxygens (including phenoxy) is 1. The minimum atomic E-state index is -0.391. The van der Waals surface area contributed by atoms with E-state index in [0.29, 0.717) is 0 Å². The summed E-state index contributed by atoms with van der Waals surface area (Å²) in [6, 6.07) is 10.5. The van der Waals surface area contributed by atoms with Crippen LogP contribution in [0.4, 0.5) is 0 Å². The molecule has 4 nitrogen and oxygen atoms in total. The number of Topliss-reactive ketones (excluding diaryl/α,β-unsaturated/α-hetero) is 1. The predicted octanol–water partition coefficient (Wildman–Crippen LogP) is 2.95. The number of hydrogen-bond donors (Lipinski definition) is 0. The van der Waals surface area contributed by atoms with Crippen LogP contribution in [-0.2, 0) is 20.9 Å². The molecule has 1 aromatic rings. The molecule has 1 aliphatic carbocycles. The molecule has 2 rings (SSSR count). The molecule has 0 N–H and O–H groups in total. The number of benzene rings is 1. The fourth-order valence-electron chi connectivity index (χ4n) is 3.12. The number of likely N-dealkylation sites (N-methyl/N-ethyl adjacent to an activating group) is 1. The van der Waals surface area contributed by atoms with Crippen LogP contribution in [0.1, 0.15) is 44.6 Å². The second-order valence-electron chi connectivity index (χ2n) is 6.16. The van der Waals surface area contributed by atoms with Gasteiger partial charge in [0, 0.05) is 12.6 Å². The van der Waals surface area contributed by atoms with E-state index in [-0.39, 0.29) is 24.3 Å². The molecule has 120 valence electrons. The molecule has 1 aliphatic rings. The molecule has 2 atom stereocenters. The zero-order valence-corrected chi connectivity index (χ0v) is 13.5. The molecular weight excluding hydrogens is 278 g/mol. The van der Waals surface area contributed by atoms with Gasteiger partial charge in [-0.25, -0.2) is 0 Å². The van der Waals surface area contributed by atoms with E-state index in [1.807, 2.05) is 18.2 Å². The molecule has 4 heteroatoms. The highest BCUT2D eigenvalue weighted by atomic mass is 16.5. The summed E-state index contributed by atoms with van der Waals surface area (Å²) in [5, 5.41) is 0. The van der Waals surface area contributed by atoms with Gasteiger partial charge in [0.2, 0.25) is 0 Å². The molecular formula is C18H25NO3. The molecule has 0 saturated heterocycles. The third-order valence-electron chi connectivity index (χ3n) is 4.18. The van der Waals surface area contributed by atoms with Gasteiger partial charge in [-0.2, -0.15) is 0 Å². The molecule has 1 aromatic carbocycles. The van der Waals surface area contributed by atoms with Crippen LogP contribution < -0.4 is 0 Å². The van der Waals surface area contributed by atoms with Crippen molar-refractivity contribution in [2.24, 2.45) is 0 Å². The van der Waals surface area contributed by atoms with Crippen molar-refractivity contribution in [3.63, 3.8) is 0 Å². The van der Waals surface area contributed by atoms with E-state index < -0.39 is 5.97 Å². The Balaban J connectivity index is 1.96. The van der Waals surface area contributed by atoms with Crippen LogP contribution in [0.15, 0.2) is 30.3 Å². The number of carbonyl (C=O) groups is 2. The molecule has 0 amide bonds. The van der Waals surface area contributed by atoms with Crippen LogP contribution in [0.3, 0.4) is 0 Å². The van der Waals surface area contributed by atoms with E-state index in [2.05, 4.69) is 24.1 Å². The first-order valence-electron chi connectivity index (χ1n) is 7.99. The third kappa shape index (κ3) is 4.95. The van der Waals surface area contributed by atoms with E-state index in [0.717, 1.165) is 32.2 Å². The number of rotatable bonds is 6. The van der Waals surface area contributed by atoms with Crippen LogP contribution >= 0.6 is 0 Å². The highest BCUT2D eigenvalue weighted by Gasteiger charge is 2.31. The number of ketones is 1.